The van der Waals surface area contributed by atoms with Gasteiger partial charge in [-0.15, -0.1) is 0 Å². The second-order valence-corrected chi connectivity index (χ2v) is 15.0. The van der Waals surface area contributed by atoms with Crippen molar-refractivity contribution in [1.82, 2.24) is 0 Å². The van der Waals surface area contributed by atoms with Crippen LogP contribution in [0.5, 0.6) is 0 Å². The van der Waals surface area contributed by atoms with Gasteiger partial charge in [0, 0.05) is 19.3 Å². The summed E-state index contributed by atoms with van der Waals surface area (Å²) >= 11 is 0. The van der Waals surface area contributed by atoms with Crippen molar-refractivity contribution < 1.29 is 28.6 Å². The standard InChI is InChI=1S/C53H84O6/c1-4-7-10-13-16-19-22-24-25-26-27-29-31-34-37-40-43-46-52(55)58-49-50(48-57-51(54)45-42-39-36-33-30-21-18-15-12-9-6-3)59-53(56)47-44-41-38-35-32-28-23-20-17-14-11-8-5-2/h8,11,14-15,17-18,20-21,23-25,27-30,32,34,37,50H,4-7,9-10,12-13,16,19,22,26,31,33,35-36,38-49H2,1-3H3/b11-8-,17-14-,18-15-,23-20-,25-24-,29-27-,30-21-,32-28-,37-34-. The molecule has 0 heterocycles. The first kappa shape index (κ1) is 55.1. The van der Waals surface area contributed by atoms with E-state index in [2.05, 4.69) is 93.7 Å². The zero-order valence-corrected chi connectivity index (χ0v) is 37.7. The summed E-state index contributed by atoms with van der Waals surface area (Å²) in [5, 5.41) is 0. The SMILES string of the molecule is CC\C=C/C=C\C=C/C=C\CCCCCC(=O)OC(COC(=O)CCC/C=C\C/C=C\C/C=C\CCCCCCCC)COC(=O)CCCCC/C=C\C=C/CCCC. The molecule has 0 fully saturated rings. The van der Waals surface area contributed by atoms with Crippen LogP contribution in [0.2, 0.25) is 0 Å². The molecule has 0 aromatic carbocycles. The summed E-state index contributed by atoms with van der Waals surface area (Å²) in [5.41, 5.74) is 0. The van der Waals surface area contributed by atoms with Gasteiger partial charge in [0.1, 0.15) is 13.2 Å². The predicted octanol–water partition coefficient (Wildman–Crippen LogP) is 15.2. The molecule has 0 saturated heterocycles. The third-order valence-corrected chi connectivity index (χ3v) is 9.35. The van der Waals surface area contributed by atoms with Crippen molar-refractivity contribution in [2.45, 2.75) is 194 Å². The molecule has 0 aromatic heterocycles. The average molecular weight is 817 g/mol. The number of unbranched alkanes of at least 4 members (excludes halogenated alkanes) is 15. The van der Waals surface area contributed by atoms with Crippen molar-refractivity contribution in [1.29, 1.82) is 0 Å². The molecule has 332 valence electrons. The third kappa shape index (κ3) is 45.0. The highest BCUT2D eigenvalue weighted by atomic mass is 16.6. The molecule has 0 aliphatic rings. The Bertz CT molecular complexity index is 1260. The minimum absolute atomic E-state index is 0.126. The zero-order chi connectivity index (χ0) is 43.0. The number of carbonyl (C=O) groups excluding carboxylic acids is 3. The molecule has 0 saturated carbocycles. The fraction of sp³-hybridized carbons (Fsp3) is 0.604. The third-order valence-electron chi connectivity index (χ3n) is 9.35. The van der Waals surface area contributed by atoms with Gasteiger partial charge in [-0.1, -0.05) is 188 Å². The van der Waals surface area contributed by atoms with Crippen LogP contribution < -0.4 is 0 Å². The zero-order valence-electron chi connectivity index (χ0n) is 37.7. The molecular formula is C53H84O6. The second kappa shape index (κ2) is 46.8. The molecule has 0 aliphatic heterocycles. The fourth-order valence-electron chi connectivity index (χ4n) is 5.80. The summed E-state index contributed by atoms with van der Waals surface area (Å²) < 4.78 is 16.6. The van der Waals surface area contributed by atoms with Crippen LogP contribution in [0.1, 0.15) is 188 Å². The van der Waals surface area contributed by atoms with Gasteiger partial charge >= 0.3 is 17.9 Å². The number of allylic oxidation sites excluding steroid dienone is 18. The molecular weight excluding hydrogens is 733 g/mol. The number of ether oxygens (including phenoxy) is 3. The van der Waals surface area contributed by atoms with Gasteiger partial charge in [-0.3, -0.25) is 14.4 Å². The number of hydrogen-bond acceptors (Lipinski definition) is 6. The summed E-state index contributed by atoms with van der Waals surface area (Å²) in [5.74, 6) is -1.06. The molecule has 0 aliphatic carbocycles. The molecule has 59 heavy (non-hydrogen) atoms. The lowest BCUT2D eigenvalue weighted by molar-refractivity contribution is -0.167. The van der Waals surface area contributed by atoms with E-state index in [9.17, 15) is 14.4 Å². The van der Waals surface area contributed by atoms with Crippen molar-refractivity contribution >= 4 is 17.9 Å². The quantitative estimate of drug-likeness (QED) is 0.0201. The van der Waals surface area contributed by atoms with E-state index in [1.807, 2.05) is 36.5 Å². The van der Waals surface area contributed by atoms with E-state index in [1.54, 1.807) is 0 Å². The molecule has 0 rings (SSSR count). The normalized spacial score (nSPS) is 13.1. The van der Waals surface area contributed by atoms with E-state index in [4.69, 9.17) is 14.2 Å². The van der Waals surface area contributed by atoms with E-state index in [-0.39, 0.29) is 44.0 Å². The lowest BCUT2D eigenvalue weighted by Crippen LogP contribution is -2.30. The molecule has 0 spiro atoms. The first-order valence-electron chi connectivity index (χ1n) is 23.5. The van der Waals surface area contributed by atoms with Crippen LogP contribution >= 0.6 is 0 Å². The van der Waals surface area contributed by atoms with Crippen molar-refractivity contribution in [2.24, 2.45) is 0 Å². The fourth-order valence-corrected chi connectivity index (χ4v) is 5.80. The van der Waals surface area contributed by atoms with Gasteiger partial charge in [-0.2, -0.15) is 0 Å². The Hall–Kier alpha value is -3.93. The average Bonchev–Trinajstić information content (AvgIpc) is 3.23. The van der Waals surface area contributed by atoms with Crippen LogP contribution in [0.4, 0.5) is 0 Å². The van der Waals surface area contributed by atoms with Crippen molar-refractivity contribution in [3.8, 4) is 0 Å². The highest BCUT2D eigenvalue weighted by Crippen LogP contribution is 2.11. The number of hydrogen-bond donors (Lipinski definition) is 0. The van der Waals surface area contributed by atoms with Crippen LogP contribution in [0.15, 0.2) is 109 Å². The summed E-state index contributed by atoms with van der Waals surface area (Å²) in [7, 11) is 0. The topological polar surface area (TPSA) is 78.9 Å². The Kier molecular flexibility index (Phi) is 43.6. The molecule has 0 radical (unpaired) electrons. The number of carbonyl (C=O) groups is 3. The molecule has 0 bridgehead atoms. The maximum atomic E-state index is 12.7. The molecule has 1 unspecified atom stereocenters. The minimum Gasteiger partial charge on any atom is -0.462 e. The summed E-state index contributed by atoms with van der Waals surface area (Å²) in [6, 6.07) is 0. The van der Waals surface area contributed by atoms with E-state index < -0.39 is 6.10 Å². The Labute approximate surface area is 361 Å². The van der Waals surface area contributed by atoms with E-state index in [1.165, 1.54) is 57.8 Å². The highest BCUT2D eigenvalue weighted by Gasteiger charge is 2.19. The van der Waals surface area contributed by atoms with Gasteiger partial charge in [0.05, 0.1) is 0 Å². The first-order chi connectivity index (χ1) is 29.0. The lowest BCUT2D eigenvalue weighted by Gasteiger charge is -2.18. The monoisotopic (exact) mass is 817 g/mol. The summed E-state index contributed by atoms with van der Waals surface area (Å²) in [6.45, 7) is 6.30. The van der Waals surface area contributed by atoms with Gasteiger partial charge < -0.3 is 14.2 Å². The molecule has 1 atom stereocenters. The van der Waals surface area contributed by atoms with E-state index in [0.717, 1.165) is 77.0 Å². The lowest BCUT2D eigenvalue weighted by atomic mass is 10.1. The first-order valence-corrected chi connectivity index (χ1v) is 23.5. The van der Waals surface area contributed by atoms with Crippen LogP contribution in [-0.2, 0) is 28.6 Å². The molecule has 6 nitrogen and oxygen atoms in total. The predicted molar refractivity (Wildman–Crippen MR) is 251 cm³/mol. The van der Waals surface area contributed by atoms with E-state index in [0.29, 0.717) is 19.3 Å². The van der Waals surface area contributed by atoms with Crippen molar-refractivity contribution in [3.05, 3.63) is 109 Å². The van der Waals surface area contributed by atoms with Gasteiger partial charge in [0.25, 0.3) is 0 Å². The van der Waals surface area contributed by atoms with Gasteiger partial charge in [0.2, 0.25) is 0 Å². The van der Waals surface area contributed by atoms with Crippen LogP contribution in [0, 0.1) is 0 Å². The van der Waals surface area contributed by atoms with Crippen molar-refractivity contribution in [2.75, 3.05) is 13.2 Å². The minimum atomic E-state index is -0.829. The Morgan fingerprint density at radius 3 is 1.32 bits per heavy atom. The number of esters is 3. The van der Waals surface area contributed by atoms with Gasteiger partial charge in [0.15, 0.2) is 6.10 Å². The second-order valence-electron chi connectivity index (χ2n) is 15.0. The maximum Gasteiger partial charge on any atom is 0.306 e. The Morgan fingerprint density at radius 1 is 0.373 bits per heavy atom. The van der Waals surface area contributed by atoms with Crippen LogP contribution in [0.25, 0.3) is 0 Å². The van der Waals surface area contributed by atoms with Crippen molar-refractivity contribution in [3.63, 3.8) is 0 Å². The van der Waals surface area contributed by atoms with Crippen LogP contribution in [-0.4, -0.2) is 37.2 Å². The highest BCUT2D eigenvalue weighted by molar-refractivity contribution is 5.71. The Balaban J connectivity index is 4.57. The molecule has 6 heteroatoms. The summed E-state index contributed by atoms with van der Waals surface area (Å²) in [4.78, 5) is 37.7. The van der Waals surface area contributed by atoms with Gasteiger partial charge in [-0.05, 0) is 89.9 Å². The molecule has 0 amide bonds. The van der Waals surface area contributed by atoms with E-state index >= 15 is 0 Å². The maximum absolute atomic E-state index is 12.7. The number of rotatable bonds is 40. The van der Waals surface area contributed by atoms with Gasteiger partial charge in [-0.25, -0.2) is 0 Å². The smallest absolute Gasteiger partial charge is 0.306 e. The largest absolute Gasteiger partial charge is 0.462 e. The molecule has 0 aromatic rings. The van der Waals surface area contributed by atoms with Crippen LogP contribution in [0.3, 0.4) is 0 Å². The Morgan fingerprint density at radius 2 is 0.763 bits per heavy atom. The summed E-state index contributed by atoms with van der Waals surface area (Å²) in [6.07, 6.45) is 62.2. The molecule has 0 N–H and O–H groups in total.